The number of anilines is 1. The van der Waals surface area contributed by atoms with E-state index in [4.69, 9.17) is 9.47 Å². The predicted molar refractivity (Wildman–Crippen MR) is 102 cm³/mol. The van der Waals surface area contributed by atoms with Crippen LogP contribution in [0.2, 0.25) is 0 Å². The van der Waals surface area contributed by atoms with Gasteiger partial charge in [0.05, 0.1) is 13.0 Å². The third-order valence-electron chi connectivity index (χ3n) is 5.08. The number of nitrogens with zero attached hydrogens (tertiary/aromatic N) is 1. The minimum Gasteiger partial charge on any atom is -0.353 e. The third-order valence-corrected chi connectivity index (χ3v) is 5.08. The van der Waals surface area contributed by atoms with Crippen molar-refractivity contribution in [3.63, 3.8) is 0 Å². The molecular formula is C22H23NO4. The monoisotopic (exact) mass is 365 g/mol. The molecule has 0 aromatic heterocycles. The van der Waals surface area contributed by atoms with Gasteiger partial charge in [-0.05, 0) is 36.5 Å². The van der Waals surface area contributed by atoms with Crippen LogP contribution in [0, 0.1) is 0 Å². The maximum Gasteiger partial charge on any atom is 0.231 e. The van der Waals surface area contributed by atoms with Gasteiger partial charge in [-0.1, -0.05) is 42.5 Å². The van der Waals surface area contributed by atoms with Crippen LogP contribution in [-0.2, 0) is 27.2 Å². The lowest BCUT2D eigenvalue weighted by Crippen LogP contribution is -2.26. The summed E-state index contributed by atoms with van der Waals surface area (Å²) in [6.07, 6.45) is 3.17. The van der Waals surface area contributed by atoms with E-state index in [1.807, 2.05) is 36.4 Å². The summed E-state index contributed by atoms with van der Waals surface area (Å²) in [6.45, 7) is 1.24. The normalized spacial score (nSPS) is 19.2. The number of hydrogen-bond acceptors (Lipinski definition) is 4. The standard InChI is InChI=1S/C22H23NO4/c24-20(15-27-22-7-3-4-12-26-22)17-10-8-16(9-11-17)14-23-19-6-2-1-5-18(19)13-21(23)25/h1-2,5-6,8-11,22H,3-4,7,12-15H2. The maximum absolute atomic E-state index is 12.3. The van der Waals surface area contributed by atoms with E-state index in [2.05, 4.69) is 0 Å². The highest BCUT2D eigenvalue weighted by Gasteiger charge is 2.26. The fraction of sp³-hybridized carbons (Fsp3) is 0.364. The number of hydrogen-bond donors (Lipinski definition) is 0. The van der Waals surface area contributed by atoms with E-state index in [0.717, 1.165) is 36.1 Å². The van der Waals surface area contributed by atoms with Crippen molar-refractivity contribution in [2.24, 2.45) is 0 Å². The van der Waals surface area contributed by atoms with E-state index in [1.54, 1.807) is 17.0 Å². The highest BCUT2D eigenvalue weighted by Crippen LogP contribution is 2.29. The Balaban J connectivity index is 1.36. The van der Waals surface area contributed by atoms with E-state index in [-0.39, 0.29) is 24.6 Å². The smallest absolute Gasteiger partial charge is 0.231 e. The molecule has 1 unspecified atom stereocenters. The number of carbonyl (C=O) groups is 2. The van der Waals surface area contributed by atoms with Gasteiger partial charge in [0, 0.05) is 17.9 Å². The molecule has 5 heteroatoms. The first-order valence-electron chi connectivity index (χ1n) is 9.44. The summed E-state index contributed by atoms with van der Waals surface area (Å²) in [4.78, 5) is 26.4. The van der Waals surface area contributed by atoms with E-state index < -0.39 is 0 Å². The summed E-state index contributed by atoms with van der Waals surface area (Å²) in [7, 11) is 0. The van der Waals surface area contributed by atoms with Crippen LogP contribution in [-0.4, -0.2) is 31.2 Å². The van der Waals surface area contributed by atoms with E-state index in [0.29, 0.717) is 25.1 Å². The number of carbonyl (C=O) groups excluding carboxylic acids is 2. The quantitative estimate of drug-likeness (QED) is 0.735. The van der Waals surface area contributed by atoms with Gasteiger partial charge in [0.25, 0.3) is 0 Å². The molecular weight excluding hydrogens is 342 g/mol. The number of fused-ring (bicyclic) bond motifs is 1. The molecule has 2 heterocycles. The molecule has 0 bridgehead atoms. The van der Waals surface area contributed by atoms with E-state index >= 15 is 0 Å². The Labute approximate surface area is 158 Å². The fourth-order valence-corrected chi connectivity index (χ4v) is 3.56. The Bertz CT molecular complexity index is 824. The molecule has 0 aliphatic carbocycles. The van der Waals surface area contributed by atoms with Gasteiger partial charge in [0.1, 0.15) is 6.61 Å². The minimum atomic E-state index is -0.261. The van der Waals surface area contributed by atoms with Crippen LogP contribution >= 0.6 is 0 Å². The van der Waals surface area contributed by atoms with Gasteiger partial charge in [0.15, 0.2) is 12.1 Å². The van der Waals surface area contributed by atoms with Crippen molar-refractivity contribution < 1.29 is 19.1 Å². The van der Waals surface area contributed by atoms with Crippen molar-refractivity contribution >= 4 is 17.4 Å². The first-order valence-corrected chi connectivity index (χ1v) is 9.44. The second-order valence-corrected chi connectivity index (χ2v) is 7.01. The van der Waals surface area contributed by atoms with E-state index in [9.17, 15) is 9.59 Å². The van der Waals surface area contributed by atoms with Crippen molar-refractivity contribution in [3.8, 4) is 0 Å². The Morgan fingerprint density at radius 1 is 1.11 bits per heavy atom. The van der Waals surface area contributed by atoms with Crippen LogP contribution in [0.25, 0.3) is 0 Å². The van der Waals surface area contributed by atoms with Crippen LogP contribution in [0.1, 0.15) is 40.7 Å². The van der Waals surface area contributed by atoms with Gasteiger partial charge in [-0.15, -0.1) is 0 Å². The molecule has 1 amide bonds. The molecule has 5 nitrogen and oxygen atoms in total. The molecule has 140 valence electrons. The summed E-state index contributed by atoms with van der Waals surface area (Å²) in [5, 5.41) is 0. The van der Waals surface area contributed by atoms with Gasteiger partial charge in [0.2, 0.25) is 5.91 Å². The molecule has 1 fully saturated rings. The van der Waals surface area contributed by atoms with Crippen LogP contribution < -0.4 is 4.90 Å². The Morgan fingerprint density at radius 2 is 1.93 bits per heavy atom. The number of Topliss-reactive ketones (excluding diaryl/α,β-unsaturated/α-hetero) is 1. The molecule has 2 aromatic rings. The summed E-state index contributed by atoms with van der Waals surface area (Å²) >= 11 is 0. The van der Waals surface area contributed by atoms with Gasteiger partial charge >= 0.3 is 0 Å². The summed E-state index contributed by atoms with van der Waals surface area (Å²) in [5.74, 6) is 0.0514. The van der Waals surface area contributed by atoms with Crippen molar-refractivity contribution in [1.29, 1.82) is 0 Å². The fourth-order valence-electron chi connectivity index (χ4n) is 3.56. The molecule has 2 aliphatic rings. The zero-order valence-electron chi connectivity index (χ0n) is 15.2. The van der Waals surface area contributed by atoms with Crippen molar-refractivity contribution in [3.05, 3.63) is 65.2 Å². The summed E-state index contributed by atoms with van der Waals surface area (Å²) in [6, 6.07) is 15.3. The molecule has 1 saturated heterocycles. The van der Waals surface area contributed by atoms with Crippen molar-refractivity contribution in [1.82, 2.24) is 0 Å². The summed E-state index contributed by atoms with van der Waals surface area (Å²) < 4.78 is 11.1. The molecule has 2 aromatic carbocycles. The number of ether oxygens (including phenoxy) is 2. The Morgan fingerprint density at radius 3 is 2.70 bits per heavy atom. The zero-order valence-corrected chi connectivity index (χ0v) is 15.2. The lowest BCUT2D eigenvalue weighted by molar-refractivity contribution is -0.155. The molecule has 2 aliphatic heterocycles. The molecule has 0 saturated carbocycles. The number of rotatable bonds is 6. The van der Waals surface area contributed by atoms with Crippen LogP contribution in [0.3, 0.4) is 0 Å². The first kappa shape index (κ1) is 17.9. The predicted octanol–water partition coefficient (Wildman–Crippen LogP) is 3.50. The van der Waals surface area contributed by atoms with Crippen LogP contribution in [0.5, 0.6) is 0 Å². The largest absolute Gasteiger partial charge is 0.353 e. The number of ketones is 1. The summed E-state index contributed by atoms with van der Waals surface area (Å²) in [5.41, 5.74) is 3.65. The Kier molecular flexibility index (Phi) is 5.32. The lowest BCUT2D eigenvalue weighted by atomic mass is 10.1. The molecule has 0 radical (unpaired) electrons. The van der Waals surface area contributed by atoms with Crippen LogP contribution in [0.15, 0.2) is 48.5 Å². The van der Waals surface area contributed by atoms with Gasteiger partial charge in [-0.2, -0.15) is 0 Å². The topological polar surface area (TPSA) is 55.8 Å². The second-order valence-electron chi connectivity index (χ2n) is 7.01. The minimum absolute atomic E-state index is 0.0298. The molecule has 1 atom stereocenters. The maximum atomic E-state index is 12.3. The molecule has 0 N–H and O–H groups in total. The highest BCUT2D eigenvalue weighted by atomic mass is 16.7. The van der Waals surface area contributed by atoms with Gasteiger partial charge in [-0.3, -0.25) is 9.59 Å². The van der Waals surface area contributed by atoms with Crippen LogP contribution in [0.4, 0.5) is 5.69 Å². The zero-order chi connectivity index (χ0) is 18.6. The average Bonchev–Trinajstić information content (AvgIpc) is 3.03. The number of benzene rings is 2. The third kappa shape index (κ3) is 4.10. The van der Waals surface area contributed by atoms with Crippen molar-refractivity contribution in [2.45, 2.75) is 38.5 Å². The second kappa shape index (κ2) is 8.03. The highest BCUT2D eigenvalue weighted by molar-refractivity contribution is 6.01. The lowest BCUT2D eigenvalue weighted by Gasteiger charge is -2.22. The van der Waals surface area contributed by atoms with E-state index in [1.165, 1.54) is 0 Å². The molecule has 0 spiro atoms. The SMILES string of the molecule is O=C(COC1CCCCO1)c1ccc(CN2C(=O)Cc3ccccc32)cc1. The average molecular weight is 365 g/mol. The van der Waals surface area contributed by atoms with Gasteiger partial charge < -0.3 is 14.4 Å². The van der Waals surface area contributed by atoms with Gasteiger partial charge in [-0.25, -0.2) is 0 Å². The number of para-hydroxylation sites is 1. The molecule has 4 rings (SSSR count). The molecule has 27 heavy (non-hydrogen) atoms. The number of amides is 1. The van der Waals surface area contributed by atoms with Crippen molar-refractivity contribution in [2.75, 3.05) is 18.1 Å². The first-order chi connectivity index (χ1) is 13.2. The Hall–Kier alpha value is -2.50.